The van der Waals surface area contributed by atoms with E-state index in [1.807, 2.05) is 0 Å². The van der Waals surface area contributed by atoms with Crippen molar-refractivity contribution in [1.29, 1.82) is 0 Å². The molecule has 4 nitrogen and oxygen atoms in total. The number of ketones is 1. The van der Waals surface area contributed by atoms with Gasteiger partial charge >= 0.3 is 0 Å². The molecule has 2 rings (SSSR count). The zero-order chi connectivity index (χ0) is 18.7. The number of terminal acetylenes is 1. The Bertz CT molecular complexity index is 717. The summed E-state index contributed by atoms with van der Waals surface area (Å²) in [5.74, 6) is 8.39. The molecule has 0 atom stereocenters. The molecule has 0 heterocycles. The topological polar surface area (TPSA) is 60.2 Å². The quantitative estimate of drug-likeness (QED) is 0.325. The highest BCUT2D eigenvalue weighted by molar-refractivity contribution is 6.01. The van der Waals surface area contributed by atoms with Crippen molar-refractivity contribution >= 4 is 11.5 Å². The summed E-state index contributed by atoms with van der Waals surface area (Å²) in [5.41, 5.74) is 1.74. The SMILES string of the molecule is C#CCCCC.CCCCC#Cc1cc2c(cc1[N+](=O)[O-])C(=O)CC2. The van der Waals surface area contributed by atoms with E-state index in [-0.39, 0.29) is 11.5 Å². The number of nitro groups is 1. The van der Waals surface area contributed by atoms with Crippen LogP contribution >= 0.6 is 0 Å². The first kappa shape index (κ1) is 20.5. The van der Waals surface area contributed by atoms with E-state index in [1.54, 1.807) is 6.07 Å². The van der Waals surface area contributed by atoms with Crippen LogP contribution in [0.3, 0.4) is 0 Å². The van der Waals surface area contributed by atoms with Gasteiger partial charge in [0, 0.05) is 30.9 Å². The Morgan fingerprint density at radius 3 is 2.40 bits per heavy atom. The number of rotatable bonds is 5. The van der Waals surface area contributed by atoms with Crippen molar-refractivity contribution in [3.8, 4) is 24.2 Å². The number of nitro benzene ring substituents is 1. The van der Waals surface area contributed by atoms with Gasteiger partial charge in [-0.3, -0.25) is 14.9 Å². The first-order valence-corrected chi connectivity index (χ1v) is 8.81. The molecule has 25 heavy (non-hydrogen) atoms. The predicted octanol–water partition coefficient (Wildman–Crippen LogP) is 5.08. The number of aryl methyl sites for hydroxylation is 1. The van der Waals surface area contributed by atoms with Gasteiger partial charge in [0.2, 0.25) is 0 Å². The lowest BCUT2D eigenvalue weighted by atomic mass is 10.0. The van der Waals surface area contributed by atoms with Crippen molar-refractivity contribution in [2.24, 2.45) is 0 Å². The van der Waals surface area contributed by atoms with Crippen LogP contribution in [-0.4, -0.2) is 10.7 Å². The standard InChI is InChI=1S/C15H15NO3.C6H10/c1-2-3-4-5-6-12-9-11-7-8-15(17)13(11)10-14(12)16(18)19;1-3-5-6-4-2/h9-10H,2-4,7-8H2,1H3;1H,4-6H2,2H3. The van der Waals surface area contributed by atoms with Gasteiger partial charge in [-0.15, -0.1) is 12.3 Å². The van der Waals surface area contributed by atoms with E-state index < -0.39 is 4.92 Å². The van der Waals surface area contributed by atoms with Gasteiger partial charge in [-0.2, -0.15) is 0 Å². The fourth-order valence-corrected chi connectivity index (χ4v) is 2.44. The molecule has 1 aromatic carbocycles. The molecule has 4 heteroatoms. The number of carbonyl (C=O) groups excluding carboxylic acids is 1. The number of unbranched alkanes of at least 4 members (excludes halogenated alkanes) is 4. The highest BCUT2D eigenvalue weighted by Crippen LogP contribution is 2.29. The van der Waals surface area contributed by atoms with Crippen molar-refractivity contribution in [3.05, 3.63) is 38.9 Å². The second-order valence-electron chi connectivity index (χ2n) is 5.92. The molecule has 0 bridgehead atoms. The molecule has 0 fully saturated rings. The van der Waals surface area contributed by atoms with E-state index >= 15 is 0 Å². The molecule has 0 aliphatic heterocycles. The Morgan fingerprint density at radius 2 is 1.84 bits per heavy atom. The third-order valence-electron chi connectivity index (χ3n) is 3.89. The summed E-state index contributed by atoms with van der Waals surface area (Å²) in [6.07, 6.45) is 12.2. The number of hydrogen-bond donors (Lipinski definition) is 0. The van der Waals surface area contributed by atoms with Crippen molar-refractivity contribution in [2.45, 2.75) is 65.2 Å². The van der Waals surface area contributed by atoms with Crippen LogP contribution in [0.2, 0.25) is 0 Å². The zero-order valence-electron chi connectivity index (χ0n) is 15.1. The van der Waals surface area contributed by atoms with E-state index in [0.717, 1.165) is 31.2 Å². The van der Waals surface area contributed by atoms with E-state index in [1.165, 1.54) is 18.9 Å². The molecule has 1 aromatic rings. The van der Waals surface area contributed by atoms with E-state index in [2.05, 4.69) is 31.6 Å². The lowest BCUT2D eigenvalue weighted by Gasteiger charge is -2.00. The zero-order valence-corrected chi connectivity index (χ0v) is 15.1. The van der Waals surface area contributed by atoms with Crippen molar-refractivity contribution < 1.29 is 9.72 Å². The average molecular weight is 339 g/mol. The van der Waals surface area contributed by atoms with Gasteiger partial charge in [0.05, 0.1) is 4.92 Å². The summed E-state index contributed by atoms with van der Waals surface area (Å²) in [6, 6.07) is 3.09. The molecule has 0 saturated heterocycles. The van der Waals surface area contributed by atoms with Crippen molar-refractivity contribution in [2.75, 3.05) is 0 Å². The molecule has 0 aromatic heterocycles. The Balaban J connectivity index is 0.000000450. The average Bonchev–Trinajstić information content (AvgIpc) is 2.97. The normalized spacial score (nSPS) is 11.5. The maximum atomic E-state index is 11.6. The third kappa shape index (κ3) is 6.43. The predicted molar refractivity (Wildman–Crippen MR) is 101 cm³/mol. The van der Waals surface area contributed by atoms with E-state index in [9.17, 15) is 14.9 Å². The maximum Gasteiger partial charge on any atom is 0.285 e. The monoisotopic (exact) mass is 339 g/mol. The van der Waals surface area contributed by atoms with Gasteiger partial charge < -0.3 is 0 Å². The smallest absolute Gasteiger partial charge is 0.285 e. The first-order chi connectivity index (χ1) is 12.0. The van der Waals surface area contributed by atoms with Crippen LogP contribution in [0.25, 0.3) is 0 Å². The summed E-state index contributed by atoms with van der Waals surface area (Å²) >= 11 is 0. The lowest BCUT2D eigenvalue weighted by Crippen LogP contribution is -1.98. The number of benzene rings is 1. The molecule has 0 spiro atoms. The second kappa shape index (κ2) is 11.0. The molecule has 0 amide bonds. The summed E-state index contributed by atoms with van der Waals surface area (Å²) in [5, 5.41) is 11.0. The van der Waals surface area contributed by atoms with E-state index in [0.29, 0.717) is 24.0 Å². The molecule has 1 aliphatic rings. The van der Waals surface area contributed by atoms with Crippen LogP contribution in [-0.2, 0) is 6.42 Å². The van der Waals surface area contributed by atoms with Gasteiger partial charge in [-0.1, -0.05) is 38.5 Å². The number of Topliss-reactive ketones (excluding diaryl/α,β-unsaturated/α-hetero) is 1. The van der Waals surface area contributed by atoms with Crippen LogP contribution in [0.4, 0.5) is 5.69 Å². The fraction of sp³-hybridized carbons (Fsp3) is 0.476. The highest BCUT2D eigenvalue weighted by Gasteiger charge is 2.25. The molecule has 0 N–H and O–H groups in total. The number of nitrogens with zero attached hydrogens (tertiary/aromatic N) is 1. The number of carbonyl (C=O) groups is 1. The van der Waals surface area contributed by atoms with Crippen LogP contribution in [0.5, 0.6) is 0 Å². The molecule has 1 aliphatic carbocycles. The van der Waals surface area contributed by atoms with Gasteiger partial charge in [-0.05, 0) is 30.9 Å². The minimum Gasteiger partial charge on any atom is -0.294 e. The van der Waals surface area contributed by atoms with Gasteiger partial charge in [0.25, 0.3) is 5.69 Å². The molecular formula is C21H25NO3. The minimum atomic E-state index is -0.463. The Hall–Kier alpha value is -2.59. The summed E-state index contributed by atoms with van der Waals surface area (Å²) in [6.45, 7) is 4.21. The van der Waals surface area contributed by atoms with Crippen LogP contribution in [0.15, 0.2) is 12.1 Å². The minimum absolute atomic E-state index is 0.0106. The van der Waals surface area contributed by atoms with E-state index in [4.69, 9.17) is 6.42 Å². The first-order valence-electron chi connectivity index (χ1n) is 8.81. The largest absolute Gasteiger partial charge is 0.294 e. The van der Waals surface area contributed by atoms with Crippen molar-refractivity contribution in [1.82, 2.24) is 0 Å². The summed E-state index contributed by atoms with van der Waals surface area (Å²) < 4.78 is 0. The summed E-state index contributed by atoms with van der Waals surface area (Å²) in [7, 11) is 0. The van der Waals surface area contributed by atoms with Gasteiger partial charge in [-0.25, -0.2) is 0 Å². The number of hydrogen-bond acceptors (Lipinski definition) is 3. The number of fused-ring (bicyclic) bond motifs is 1. The molecule has 0 radical (unpaired) electrons. The van der Waals surface area contributed by atoms with Crippen LogP contribution in [0, 0.1) is 34.3 Å². The molecule has 0 saturated carbocycles. The fourth-order valence-electron chi connectivity index (χ4n) is 2.44. The maximum absolute atomic E-state index is 11.6. The Kier molecular flexibility index (Phi) is 9.04. The molecular weight excluding hydrogens is 314 g/mol. The third-order valence-corrected chi connectivity index (χ3v) is 3.89. The Morgan fingerprint density at radius 1 is 1.16 bits per heavy atom. The van der Waals surface area contributed by atoms with Crippen LogP contribution < -0.4 is 0 Å². The highest BCUT2D eigenvalue weighted by atomic mass is 16.6. The second-order valence-corrected chi connectivity index (χ2v) is 5.92. The summed E-state index contributed by atoms with van der Waals surface area (Å²) in [4.78, 5) is 22.2. The van der Waals surface area contributed by atoms with Gasteiger partial charge in [0.1, 0.15) is 5.56 Å². The molecule has 0 unspecified atom stereocenters. The van der Waals surface area contributed by atoms with Crippen molar-refractivity contribution in [3.63, 3.8) is 0 Å². The lowest BCUT2D eigenvalue weighted by molar-refractivity contribution is -0.385. The Labute approximate surface area is 150 Å². The van der Waals surface area contributed by atoms with Crippen LogP contribution in [0.1, 0.15) is 80.3 Å². The van der Waals surface area contributed by atoms with Gasteiger partial charge in [0.15, 0.2) is 5.78 Å². The molecule has 132 valence electrons.